The van der Waals surface area contributed by atoms with Crippen molar-refractivity contribution < 1.29 is 14.3 Å². The maximum absolute atomic E-state index is 13.5. The van der Waals surface area contributed by atoms with Crippen molar-refractivity contribution in [2.75, 3.05) is 25.1 Å². The second kappa shape index (κ2) is 10.8. The van der Waals surface area contributed by atoms with Crippen molar-refractivity contribution in [2.45, 2.75) is 30.5 Å². The van der Waals surface area contributed by atoms with Crippen LogP contribution in [-0.4, -0.2) is 51.6 Å². The number of halogens is 2. The van der Waals surface area contributed by atoms with Gasteiger partial charge in [-0.25, -0.2) is 9.67 Å². The summed E-state index contributed by atoms with van der Waals surface area (Å²) in [4.78, 5) is 30.6. The van der Waals surface area contributed by atoms with Crippen LogP contribution in [0, 0.1) is 6.92 Å². The Morgan fingerprint density at radius 2 is 2.03 bits per heavy atom. The van der Waals surface area contributed by atoms with E-state index in [1.165, 1.54) is 16.4 Å². The second-order valence-corrected chi connectivity index (χ2v) is 9.89. The van der Waals surface area contributed by atoms with Crippen molar-refractivity contribution in [3.63, 3.8) is 0 Å². The highest BCUT2D eigenvalue weighted by molar-refractivity contribution is 8.00. The largest absolute Gasteiger partial charge is 0.379 e. The third-order valence-corrected chi connectivity index (χ3v) is 6.63. The predicted molar refractivity (Wildman–Crippen MR) is 134 cm³/mol. The molecule has 2 aromatic heterocycles. The summed E-state index contributed by atoms with van der Waals surface area (Å²) >= 11 is 14.1. The number of carbonyl (C=O) groups is 2. The molecule has 1 saturated heterocycles. The van der Waals surface area contributed by atoms with Crippen LogP contribution >= 0.6 is 35.0 Å². The van der Waals surface area contributed by atoms with Crippen LogP contribution in [0.1, 0.15) is 39.8 Å². The SMILES string of the molecule is CCCNC(=O)c1cc(Cl)cc(C)c1NC(=O)c1cc(SC2COC2)nn1-c1ncccc1Cl. The van der Waals surface area contributed by atoms with E-state index in [1.807, 2.05) is 6.92 Å². The van der Waals surface area contributed by atoms with Gasteiger partial charge in [-0.05, 0) is 43.2 Å². The number of pyridine rings is 1. The van der Waals surface area contributed by atoms with E-state index in [9.17, 15) is 9.59 Å². The number of anilines is 1. The number of ether oxygens (including phenoxy) is 1. The average Bonchev–Trinajstić information content (AvgIpc) is 3.20. The van der Waals surface area contributed by atoms with Crippen molar-refractivity contribution in [1.82, 2.24) is 20.1 Å². The molecular formula is C23H23Cl2N5O3S. The van der Waals surface area contributed by atoms with E-state index < -0.39 is 5.91 Å². The van der Waals surface area contributed by atoms with E-state index in [2.05, 4.69) is 20.7 Å². The lowest BCUT2D eigenvalue weighted by Gasteiger charge is -2.23. The molecule has 8 nitrogen and oxygen atoms in total. The van der Waals surface area contributed by atoms with E-state index in [0.717, 1.165) is 6.42 Å². The number of rotatable bonds is 8. The van der Waals surface area contributed by atoms with Crippen LogP contribution in [0.3, 0.4) is 0 Å². The van der Waals surface area contributed by atoms with Gasteiger partial charge in [0.1, 0.15) is 10.7 Å². The van der Waals surface area contributed by atoms with E-state index in [-0.39, 0.29) is 22.4 Å². The van der Waals surface area contributed by atoms with Crippen molar-refractivity contribution >= 4 is 52.5 Å². The molecular weight excluding hydrogens is 497 g/mol. The molecule has 1 aromatic carbocycles. The molecule has 178 valence electrons. The minimum absolute atomic E-state index is 0.234. The van der Waals surface area contributed by atoms with E-state index in [4.69, 9.17) is 27.9 Å². The molecule has 2 N–H and O–H groups in total. The molecule has 1 aliphatic heterocycles. The lowest BCUT2D eigenvalue weighted by molar-refractivity contribution is 0.0454. The van der Waals surface area contributed by atoms with Gasteiger partial charge in [0.2, 0.25) is 0 Å². The number of benzene rings is 1. The summed E-state index contributed by atoms with van der Waals surface area (Å²) in [6.07, 6.45) is 2.36. The summed E-state index contributed by atoms with van der Waals surface area (Å²) in [5.41, 5.74) is 1.56. The Hall–Kier alpha value is -2.59. The molecule has 1 aliphatic rings. The fourth-order valence-electron chi connectivity index (χ4n) is 3.33. The first kappa shape index (κ1) is 24.5. The highest BCUT2D eigenvalue weighted by Gasteiger charge is 2.26. The summed E-state index contributed by atoms with van der Waals surface area (Å²) in [6.45, 7) is 5.51. The van der Waals surface area contributed by atoms with Crippen LogP contribution < -0.4 is 10.6 Å². The van der Waals surface area contributed by atoms with E-state index in [0.29, 0.717) is 51.9 Å². The third kappa shape index (κ3) is 5.38. The Labute approximate surface area is 211 Å². The molecule has 0 saturated carbocycles. The molecule has 1 fully saturated rings. The topological polar surface area (TPSA) is 98.1 Å². The molecule has 4 rings (SSSR count). The van der Waals surface area contributed by atoms with Crippen molar-refractivity contribution in [2.24, 2.45) is 0 Å². The zero-order valence-electron chi connectivity index (χ0n) is 18.6. The first-order valence-electron chi connectivity index (χ1n) is 10.7. The second-order valence-electron chi connectivity index (χ2n) is 7.72. The van der Waals surface area contributed by atoms with Gasteiger partial charge in [-0.3, -0.25) is 9.59 Å². The Kier molecular flexibility index (Phi) is 7.77. The van der Waals surface area contributed by atoms with E-state index in [1.54, 1.807) is 43.5 Å². The molecule has 11 heteroatoms. The Morgan fingerprint density at radius 1 is 1.24 bits per heavy atom. The van der Waals surface area contributed by atoms with Gasteiger partial charge in [-0.1, -0.05) is 41.9 Å². The number of carbonyl (C=O) groups excluding carboxylic acids is 2. The van der Waals surface area contributed by atoms with Gasteiger partial charge in [0.25, 0.3) is 11.8 Å². The minimum atomic E-state index is -0.458. The van der Waals surface area contributed by atoms with Gasteiger partial charge in [-0.2, -0.15) is 5.10 Å². The molecule has 0 unspecified atom stereocenters. The number of hydrogen-bond acceptors (Lipinski definition) is 6. The van der Waals surface area contributed by atoms with Gasteiger partial charge in [0, 0.05) is 23.8 Å². The van der Waals surface area contributed by atoms with Gasteiger partial charge < -0.3 is 15.4 Å². The lowest BCUT2D eigenvalue weighted by atomic mass is 10.1. The summed E-state index contributed by atoms with van der Waals surface area (Å²) < 4.78 is 6.66. The molecule has 0 aliphatic carbocycles. The van der Waals surface area contributed by atoms with Crippen LogP contribution in [-0.2, 0) is 4.74 Å². The Balaban J connectivity index is 1.71. The van der Waals surface area contributed by atoms with Gasteiger partial charge in [-0.15, -0.1) is 0 Å². The fourth-order valence-corrected chi connectivity index (χ4v) is 4.78. The molecule has 3 heterocycles. The zero-order valence-corrected chi connectivity index (χ0v) is 20.9. The number of aryl methyl sites for hydroxylation is 1. The number of nitrogens with one attached hydrogen (secondary N) is 2. The molecule has 0 radical (unpaired) electrons. The summed E-state index contributed by atoms with van der Waals surface area (Å²) in [7, 11) is 0. The smallest absolute Gasteiger partial charge is 0.274 e. The maximum Gasteiger partial charge on any atom is 0.274 e. The summed E-state index contributed by atoms with van der Waals surface area (Å²) in [5.74, 6) is -0.439. The summed E-state index contributed by atoms with van der Waals surface area (Å²) in [6, 6.07) is 8.30. The normalized spacial score (nSPS) is 13.4. The van der Waals surface area contributed by atoms with Gasteiger partial charge in [0.15, 0.2) is 5.82 Å². The number of amides is 2. The molecule has 34 heavy (non-hydrogen) atoms. The molecule has 2 amide bonds. The summed E-state index contributed by atoms with van der Waals surface area (Å²) in [5, 5.41) is 12.0. The van der Waals surface area contributed by atoms with Crippen molar-refractivity contribution in [1.29, 1.82) is 0 Å². The fraction of sp³-hybridized carbons (Fsp3) is 0.304. The minimum Gasteiger partial charge on any atom is -0.379 e. The molecule has 0 bridgehead atoms. The highest BCUT2D eigenvalue weighted by atomic mass is 35.5. The van der Waals surface area contributed by atoms with Crippen LogP contribution in [0.2, 0.25) is 10.0 Å². The Bertz CT molecular complexity index is 1230. The van der Waals surface area contributed by atoms with Crippen molar-refractivity contribution in [3.8, 4) is 5.82 Å². The molecule has 0 atom stereocenters. The lowest BCUT2D eigenvalue weighted by Crippen LogP contribution is -2.30. The number of nitrogens with zero attached hydrogens (tertiary/aromatic N) is 3. The van der Waals surface area contributed by atoms with Crippen LogP contribution in [0.4, 0.5) is 5.69 Å². The van der Waals surface area contributed by atoms with Crippen LogP contribution in [0.25, 0.3) is 5.82 Å². The number of hydrogen-bond donors (Lipinski definition) is 2. The monoisotopic (exact) mass is 519 g/mol. The predicted octanol–water partition coefficient (Wildman–Crippen LogP) is 4.77. The Morgan fingerprint density at radius 3 is 2.71 bits per heavy atom. The molecule has 0 spiro atoms. The van der Waals surface area contributed by atoms with Crippen molar-refractivity contribution in [3.05, 3.63) is 63.4 Å². The highest BCUT2D eigenvalue weighted by Crippen LogP contribution is 2.31. The van der Waals surface area contributed by atoms with Gasteiger partial charge in [0.05, 0.1) is 34.7 Å². The van der Waals surface area contributed by atoms with E-state index >= 15 is 0 Å². The van der Waals surface area contributed by atoms with Crippen LogP contribution in [0.5, 0.6) is 0 Å². The number of thioether (sulfide) groups is 1. The quantitative estimate of drug-likeness (QED) is 0.444. The average molecular weight is 520 g/mol. The standard InChI is InChI=1S/C23H23Cl2N5O3S/c1-3-6-27-22(31)16-9-14(24)8-13(2)20(16)28-23(32)18-10-19(34-15-11-33-12-15)29-30(18)21-17(25)5-4-7-26-21/h4-5,7-10,15H,3,6,11-12H2,1-2H3,(H,27,31)(H,28,32). The first-order chi connectivity index (χ1) is 16.4. The van der Waals surface area contributed by atoms with Crippen LogP contribution in [0.15, 0.2) is 41.6 Å². The molecule has 3 aromatic rings. The first-order valence-corrected chi connectivity index (χ1v) is 12.4. The maximum atomic E-state index is 13.5. The number of aromatic nitrogens is 3. The van der Waals surface area contributed by atoms with Gasteiger partial charge >= 0.3 is 0 Å². The zero-order chi connectivity index (χ0) is 24.2. The third-order valence-electron chi connectivity index (χ3n) is 5.07.